The second kappa shape index (κ2) is 27.6. The molecule has 0 fully saturated rings. The first-order chi connectivity index (χ1) is 35.5. The Hall–Kier alpha value is -6.46. The molecule has 0 bridgehead atoms. The Labute approximate surface area is 426 Å². The van der Waals surface area contributed by atoms with Crippen LogP contribution in [0.25, 0.3) is 32.7 Å². The SMILES string of the molecule is C=C(C)C(=O)OCC(O)COCCOCCOCCOc1ccc2cc(C3(c4ccc5cc(OCCOCCOCCOCC(O)COC(=O)C(=C)C)ccc5c4)c4ccccc4-c4ccccc43)ccc2c1. The highest BCUT2D eigenvalue weighted by Gasteiger charge is 2.46. The lowest BCUT2D eigenvalue weighted by molar-refractivity contribution is -0.144. The van der Waals surface area contributed by atoms with Crippen molar-refractivity contribution in [3.8, 4) is 22.6 Å². The molecular formula is C59H66O14. The highest BCUT2D eigenvalue weighted by molar-refractivity contribution is 5.92. The summed E-state index contributed by atoms with van der Waals surface area (Å²) in [6.07, 6.45) is -1.84. The third-order valence-corrected chi connectivity index (χ3v) is 12.1. The Balaban J connectivity index is 0.900. The van der Waals surface area contributed by atoms with Gasteiger partial charge in [-0.3, -0.25) is 0 Å². The van der Waals surface area contributed by atoms with Gasteiger partial charge in [-0.25, -0.2) is 9.59 Å². The van der Waals surface area contributed by atoms with E-state index in [1.54, 1.807) is 13.8 Å². The molecule has 0 spiro atoms. The first-order valence-electron chi connectivity index (χ1n) is 24.6. The molecule has 1 aliphatic rings. The average Bonchev–Trinajstić information content (AvgIpc) is 3.70. The number of esters is 2. The predicted molar refractivity (Wildman–Crippen MR) is 278 cm³/mol. The molecule has 14 heteroatoms. The normalized spacial score (nSPS) is 13.3. The summed E-state index contributed by atoms with van der Waals surface area (Å²) < 4.78 is 55.3. The minimum atomic E-state index is -0.920. The molecule has 1 aliphatic carbocycles. The molecule has 6 aromatic carbocycles. The molecule has 6 aromatic rings. The predicted octanol–water partition coefficient (Wildman–Crippen LogP) is 8.17. The van der Waals surface area contributed by atoms with Crippen LogP contribution in [0.5, 0.6) is 11.5 Å². The lowest BCUT2D eigenvalue weighted by atomic mass is 9.67. The number of ether oxygens (including phenoxy) is 10. The van der Waals surface area contributed by atoms with E-state index in [4.69, 9.17) is 47.4 Å². The number of hydrogen-bond donors (Lipinski definition) is 2. The summed E-state index contributed by atoms with van der Waals surface area (Å²) in [5.41, 5.74) is 7.21. The zero-order valence-corrected chi connectivity index (χ0v) is 41.7. The zero-order chi connectivity index (χ0) is 51.4. The van der Waals surface area contributed by atoms with E-state index in [1.807, 2.05) is 12.1 Å². The van der Waals surface area contributed by atoms with Crippen LogP contribution in [-0.2, 0) is 52.9 Å². The molecule has 0 aromatic heterocycles. The molecule has 7 rings (SSSR count). The Kier molecular flexibility index (Phi) is 20.5. The van der Waals surface area contributed by atoms with E-state index >= 15 is 0 Å². The van der Waals surface area contributed by atoms with Crippen molar-refractivity contribution < 1.29 is 67.2 Å². The van der Waals surface area contributed by atoms with Crippen LogP contribution >= 0.6 is 0 Å². The maximum Gasteiger partial charge on any atom is 0.333 e. The van der Waals surface area contributed by atoms with Crippen LogP contribution in [0.2, 0.25) is 0 Å². The van der Waals surface area contributed by atoms with Crippen LogP contribution in [-0.4, -0.2) is 140 Å². The van der Waals surface area contributed by atoms with E-state index in [1.165, 1.54) is 33.4 Å². The molecule has 0 saturated carbocycles. The van der Waals surface area contributed by atoms with Crippen molar-refractivity contribution in [3.63, 3.8) is 0 Å². The number of carbonyl (C=O) groups excluding carboxylic acids is 2. The van der Waals surface area contributed by atoms with Gasteiger partial charge in [0.25, 0.3) is 0 Å². The summed E-state index contributed by atoms with van der Waals surface area (Å²) in [7, 11) is 0. The maximum atomic E-state index is 11.4. The van der Waals surface area contributed by atoms with Gasteiger partial charge >= 0.3 is 11.9 Å². The fraction of sp³-hybridized carbons (Fsp3) is 0.356. The molecule has 2 N–H and O–H groups in total. The summed E-state index contributed by atoms with van der Waals surface area (Å²) in [6, 6.07) is 43.3. The Morgan fingerprint density at radius 3 is 1.18 bits per heavy atom. The fourth-order valence-corrected chi connectivity index (χ4v) is 8.56. The molecule has 0 saturated heterocycles. The van der Waals surface area contributed by atoms with E-state index in [0.717, 1.165) is 33.0 Å². The smallest absolute Gasteiger partial charge is 0.333 e. The third-order valence-electron chi connectivity index (χ3n) is 12.1. The first kappa shape index (κ1) is 54.3. The van der Waals surface area contributed by atoms with Crippen molar-refractivity contribution in [2.75, 3.05) is 106 Å². The van der Waals surface area contributed by atoms with Gasteiger partial charge in [0.05, 0.1) is 84.7 Å². The van der Waals surface area contributed by atoms with E-state index < -0.39 is 29.6 Å². The summed E-state index contributed by atoms with van der Waals surface area (Å²) in [5, 5.41) is 24.1. The molecule has 0 aliphatic heterocycles. The number of fused-ring (bicyclic) bond motifs is 5. The van der Waals surface area contributed by atoms with Gasteiger partial charge in [-0.05, 0) is 105 Å². The minimum Gasteiger partial charge on any atom is -0.491 e. The number of benzene rings is 6. The van der Waals surface area contributed by atoms with Crippen molar-refractivity contribution in [2.45, 2.75) is 31.5 Å². The monoisotopic (exact) mass is 998 g/mol. The maximum absolute atomic E-state index is 11.4. The van der Waals surface area contributed by atoms with E-state index in [9.17, 15) is 19.8 Å². The van der Waals surface area contributed by atoms with Gasteiger partial charge in [0, 0.05) is 11.1 Å². The number of carbonyl (C=O) groups is 2. The van der Waals surface area contributed by atoms with Crippen molar-refractivity contribution in [3.05, 3.63) is 168 Å². The molecule has 14 nitrogen and oxygen atoms in total. The fourth-order valence-electron chi connectivity index (χ4n) is 8.56. The molecule has 73 heavy (non-hydrogen) atoms. The molecule has 2 unspecified atom stereocenters. The van der Waals surface area contributed by atoms with Crippen LogP contribution in [0.15, 0.2) is 146 Å². The van der Waals surface area contributed by atoms with Crippen LogP contribution in [0, 0.1) is 0 Å². The average molecular weight is 999 g/mol. The second-order valence-corrected chi connectivity index (χ2v) is 17.7. The Morgan fingerprint density at radius 1 is 0.438 bits per heavy atom. The highest BCUT2D eigenvalue weighted by Crippen LogP contribution is 2.56. The summed E-state index contributed by atoms with van der Waals surface area (Å²) in [6.45, 7) is 14.2. The Morgan fingerprint density at radius 2 is 0.781 bits per heavy atom. The number of aliphatic hydroxyl groups excluding tert-OH is 2. The highest BCUT2D eigenvalue weighted by atomic mass is 16.6. The van der Waals surface area contributed by atoms with E-state index in [2.05, 4.69) is 122 Å². The van der Waals surface area contributed by atoms with Crippen molar-refractivity contribution in [1.29, 1.82) is 0 Å². The standard InChI is InChI=1S/C59H66O14/c1-41(2)57(62)72-39-49(60)37-68-27-25-64-21-23-66-29-31-70-51-19-15-43-33-47(17-13-45(43)35-51)59(55-11-7-5-9-53(55)54-10-6-8-12-56(54)59)48-18-14-46-36-52(20-16-44(46)34-48)71-32-30-67-24-22-65-26-28-69-38-50(61)40-73-58(63)42(3)4/h5-20,33-36,49-50,60-61H,1,3,21-32,37-40H2,2,4H3. The van der Waals surface area contributed by atoms with Crippen LogP contribution in [0.3, 0.4) is 0 Å². The van der Waals surface area contributed by atoms with Crippen LogP contribution in [0.1, 0.15) is 36.1 Å². The van der Waals surface area contributed by atoms with Crippen molar-refractivity contribution in [1.82, 2.24) is 0 Å². The van der Waals surface area contributed by atoms with E-state index in [-0.39, 0.29) is 50.8 Å². The number of aliphatic hydroxyl groups is 2. The second-order valence-electron chi connectivity index (χ2n) is 17.7. The molecule has 2 atom stereocenters. The van der Waals surface area contributed by atoms with Gasteiger partial charge in [0.1, 0.15) is 50.1 Å². The summed E-state index contributed by atoms with van der Waals surface area (Å²) >= 11 is 0. The topological polar surface area (TPSA) is 167 Å². The van der Waals surface area contributed by atoms with Crippen molar-refractivity contribution >= 4 is 33.5 Å². The number of rotatable bonds is 32. The van der Waals surface area contributed by atoms with Gasteiger partial charge in [0.15, 0.2) is 0 Å². The molecule has 386 valence electrons. The molecular weight excluding hydrogens is 933 g/mol. The van der Waals surface area contributed by atoms with Gasteiger partial charge in [-0.1, -0.05) is 98.1 Å². The minimum absolute atomic E-state index is 0.0290. The lowest BCUT2D eigenvalue weighted by Crippen LogP contribution is -2.28. The number of hydrogen-bond acceptors (Lipinski definition) is 14. The van der Waals surface area contributed by atoms with Gasteiger partial charge in [-0.2, -0.15) is 0 Å². The third kappa shape index (κ3) is 14.8. The first-order valence-corrected chi connectivity index (χ1v) is 24.6. The van der Waals surface area contributed by atoms with Crippen LogP contribution < -0.4 is 9.47 Å². The summed E-state index contributed by atoms with van der Waals surface area (Å²) in [4.78, 5) is 22.9. The van der Waals surface area contributed by atoms with Crippen LogP contribution in [0.4, 0.5) is 0 Å². The largest absolute Gasteiger partial charge is 0.491 e. The Bertz CT molecular complexity index is 2600. The molecule has 0 heterocycles. The van der Waals surface area contributed by atoms with Gasteiger partial charge in [-0.15, -0.1) is 0 Å². The lowest BCUT2D eigenvalue weighted by Gasteiger charge is -2.34. The van der Waals surface area contributed by atoms with Crippen molar-refractivity contribution in [2.24, 2.45) is 0 Å². The molecule has 0 radical (unpaired) electrons. The quantitative estimate of drug-likeness (QED) is 0.0236. The molecule has 0 amide bonds. The summed E-state index contributed by atoms with van der Waals surface area (Å²) in [5.74, 6) is 0.421. The van der Waals surface area contributed by atoms with E-state index in [0.29, 0.717) is 66.1 Å². The zero-order valence-electron chi connectivity index (χ0n) is 41.7. The van der Waals surface area contributed by atoms with Gasteiger partial charge in [0.2, 0.25) is 0 Å². The van der Waals surface area contributed by atoms with Gasteiger partial charge < -0.3 is 57.6 Å².